The van der Waals surface area contributed by atoms with Crippen LogP contribution in [0, 0.1) is 0 Å². The van der Waals surface area contributed by atoms with Crippen molar-refractivity contribution in [1.82, 2.24) is 15.6 Å². The fourth-order valence-electron chi connectivity index (χ4n) is 2.26. The van der Waals surface area contributed by atoms with Gasteiger partial charge >= 0.3 is 0 Å². The third kappa shape index (κ3) is 3.65. The Morgan fingerprint density at radius 2 is 2.12 bits per heavy atom. The molecule has 1 atom stereocenters. The molecular weight excluding hydrogens is 314 g/mol. The van der Waals surface area contributed by atoms with Gasteiger partial charge in [-0.25, -0.2) is 4.98 Å². The fourth-order valence-corrected chi connectivity index (χ4v) is 2.26. The van der Waals surface area contributed by atoms with Crippen LogP contribution in [0.3, 0.4) is 0 Å². The van der Waals surface area contributed by atoms with Crippen molar-refractivity contribution < 1.29 is 23.5 Å². The van der Waals surface area contributed by atoms with Gasteiger partial charge in [-0.2, -0.15) is 0 Å². The van der Waals surface area contributed by atoms with E-state index in [9.17, 15) is 9.59 Å². The maximum Gasteiger partial charge on any atom is 0.273 e. The fraction of sp³-hybridized carbons (Fsp3) is 0.312. The van der Waals surface area contributed by atoms with E-state index in [4.69, 9.17) is 13.9 Å². The molecule has 1 aliphatic heterocycles. The van der Waals surface area contributed by atoms with Crippen LogP contribution in [0.1, 0.15) is 22.8 Å². The molecule has 2 aromatic rings. The molecule has 1 aliphatic rings. The number of oxazole rings is 1. The molecule has 1 fully saturated rings. The van der Waals surface area contributed by atoms with Crippen LogP contribution in [-0.2, 0) is 11.4 Å². The summed E-state index contributed by atoms with van der Waals surface area (Å²) in [6.45, 7) is 0.646. The summed E-state index contributed by atoms with van der Waals surface area (Å²) in [6, 6.07) is 6.54. The van der Waals surface area contributed by atoms with E-state index in [0.717, 1.165) is 5.75 Å². The second-order valence-corrected chi connectivity index (χ2v) is 5.20. The predicted octanol–water partition coefficient (Wildman–Crippen LogP) is 0.880. The van der Waals surface area contributed by atoms with Gasteiger partial charge < -0.3 is 24.5 Å². The van der Waals surface area contributed by atoms with E-state index >= 15 is 0 Å². The van der Waals surface area contributed by atoms with Gasteiger partial charge in [-0.15, -0.1) is 0 Å². The quantitative estimate of drug-likeness (QED) is 0.814. The highest BCUT2D eigenvalue weighted by molar-refractivity contribution is 5.96. The zero-order chi connectivity index (χ0) is 16.9. The molecule has 1 aromatic heterocycles. The molecule has 0 radical (unpaired) electrons. The third-order valence-corrected chi connectivity index (χ3v) is 3.56. The van der Waals surface area contributed by atoms with Gasteiger partial charge in [-0.05, 0) is 30.7 Å². The number of nitrogens with zero attached hydrogens (tertiary/aromatic N) is 1. The number of carbonyl (C=O) groups is 2. The summed E-state index contributed by atoms with van der Waals surface area (Å²) in [5, 5.41) is 5.27. The van der Waals surface area contributed by atoms with Crippen LogP contribution in [0.25, 0.3) is 0 Å². The lowest BCUT2D eigenvalue weighted by Crippen LogP contribution is -2.40. The lowest BCUT2D eigenvalue weighted by molar-refractivity contribution is -0.120. The Morgan fingerprint density at radius 1 is 1.38 bits per heavy atom. The predicted molar refractivity (Wildman–Crippen MR) is 82.7 cm³/mol. The second-order valence-electron chi connectivity index (χ2n) is 5.20. The van der Waals surface area contributed by atoms with Crippen molar-refractivity contribution in [3.8, 4) is 11.5 Å². The maximum atomic E-state index is 12.0. The molecule has 2 heterocycles. The number of nitrogens with one attached hydrogen (secondary N) is 2. The van der Waals surface area contributed by atoms with Crippen LogP contribution >= 0.6 is 0 Å². The molecule has 0 saturated carbocycles. The number of hydrogen-bond acceptors (Lipinski definition) is 6. The normalized spacial score (nSPS) is 16.5. The smallest absolute Gasteiger partial charge is 0.273 e. The first-order chi connectivity index (χ1) is 11.7. The Hall–Kier alpha value is -3.03. The molecule has 24 heavy (non-hydrogen) atoms. The summed E-state index contributed by atoms with van der Waals surface area (Å²) in [4.78, 5) is 27.6. The number of benzene rings is 1. The summed E-state index contributed by atoms with van der Waals surface area (Å²) in [5.74, 6) is 0.995. The average Bonchev–Trinajstić information content (AvgIpc) is 3.23. The first-order valence-corrected chi connectivity index (χ1v) is 7.45. The number of carbonyl (C=O) groups excluding carboxylic acids is 2. The summed E-state index contributed by atoms with van der Waals surface area (Å²) in [5.41, 5.74) is 0.114. The van der Waals surface area contributed by atoms with E-state index < -0.39 is 11.9 Å². The van der Waals surface area contributed by atoms with Gasteiger partial charge in [0.15, 0.2) is 12.3 Å². The molecule has 8 nitrogen and oxygen atoms in total. The van der Waals surface area contributed by atoms with Crippen LogP contribution in [-0.4, -0.2) is 36.5 Å². The zero-order valence-electron chi connectivity index (χ0n) is 13.1. The molecule has 1 aromatic carbocycles. The highest BCUT2D eigenvalue weighted by atomic mass is 16.5. The number of methoxy groups -OCH3 is 1. The number of ether oxygens (including phenoxy) is 2. The lowest BCUT2D eigenvalue weighted by atomic mass is 10.2. The minimum Gasteiger partial charge on any atom is -0.497 e. The third-order valence-electron chi connectivity index (χ3n) is 3.56. The van der Waals surface area contributed by atoms with Gasteiger partial charge in [-0.3, -0.25) is 9.59 Å². The largest absolute Gasteiger partial charge is 0.497 e. The van der Waals surface area contributed by atoms with Crippen molar-refractivity contribution in [2.75, 3.05) is 13.7 Å². The summed E-state index contributed by atoms with van der Waals surface area (Å²) in [7, 11) is 1.59. The molecule has 0 unspecified atom stereocenters. The Labute approximate surface area is 138 Å². The Morgan fingerprint density at radius 3 is 2.79 bits per heavy atom. The summed E-state index contributed by atoms with van der Waals surface area (Å²) < 4.78 is 15.8. The van der Waals surface area contributed by atoms with Crippen LogP contribution < -0.4 is 20.1 Å². The average molecular weight is 331 g/mol. The first-order valence-electron chi connectivity index (χ1n) is 7.45. The van der Waals surface area contributed by atoms with Gasteiger partial charge in [0.2, 0.25) is 11.8 Å². The zero-order valence-corrected chi connectivity index (χ0v) is 13.1. The molecule has 0 aliphatic carbocycles. The van der Waals surface area contributed by atoms with Gasteiger partial charge in [0, 0.05) is 6.54 Å². The first kappa shape index (κ1) is 15.9. The molecule has 1 saturated heterocycles. The molecule has 2 amide bonds. The molecule has 126 valence electrons. The SMILES string of the molecule is COc1ccc(OCc2nc(C(=O)N[C@@H]3CCNC3=O)co2)cc1. The molecule has 0 spiro atoms. The second kappa shape index (κ2) is 7.03. The van der Waals surface area contributed by atoms with E-state index in [1.54, 1.807) is 31.4 Å². The Kier molecular flexibility index (Phi) is 4.64. The summed E-state index contributed by atoms with van der Waals surface area (Å²) in [6.07, 6.45) is 1.81. The number of rotatable bonds is 6. The van der Waals surface area contributed by atoms with Crippen molar-refractivity contribution in [3.63, 3.8) is 0 Å². The molecule has 8 heteroatoms. The maximum absolute atomic E-state index is 12.0. The van der Waals surface area contributed by atoms with Crippen LogP contribution in [0.5, 0.6) is 11.5 Å². The van der Waals surface area contributed by atoms with Crippen LogP contribution in [0.2, 0.25) is 0 Å². The highest BCUT2D eigenvalue weighted by Gasteiger charge is 2.26. The van der Waals surface area contributed by atoms with Crippen molar-refractivity contribution in [2.24, 2.45) is 0 Å². The Bertz CT molecular complexity index is 726. The summed E-state index contributed by atoms with van der Waals surface area (Å²) >= 11 is 0. The van der Waals surface area contributed by atoms with Crippen LogP contribution in [0.4, 0.5) is 0 Å². The molecule has 3 rings (SSSR count). The highest BCUT2D eigenvalue weighted by Crippen LogP contribution is 2.18. The monoisotopic (exact) mass is 331 g/mol. The van der Waals surface area contributed by atoms with E-state index in [1.807, 2.05) is 0 Å². The topological polar surface area (TPSA) is 103 Å². The van der Waals surface area contributed by atoms with Gasteiger partial charge in [0.1, 0.15) is 23.8 Å². The van der Waals surface area contributed by atoms with Gasteiger partial charge in [0.25, 0.3) is 5.91 Å². The number of amides is 2. The Balaban J connectivity index is 1.54. The van der Waals surface area contributed by atoms with Gasteiger partial charge in [-0.1, -0.05) is 0 Å². The van der Waals surface area contributed by atoms with E-state index in [2.05, 4.69) is 15.6 Å². The van der Waals surface area contributed by atoms with Crippen molar-refractivity contribution >= 4 is 11.8 Å². The van der Waals surface area contributed by atoms with Crippen molar-refractivity contribution in [2.45, 2.75) is 19.1 Å². The van der Waals surface area contributed by atoms with Crippen molar-refractivity contribution in [3.05, 3.63) is 42.1 Å². The van der Waals surface area contributed by atoms with E-state index in [-0.39, 0.29) is 24.1 Å². The minimum atomic E-state index is -0.520. The van der Waals surface area contributed by atoms with E-state index in [1.165, 1.54) is 6.26 Å². The van der Waals surface area contributed by atoms with Crippen LogP contribution in [0.15, 0.2) is 34.9 Å². The van der Waals surface area contributed by atoms with E-state index in [0.29, 0.717) is 18.7 Å². The number of hydrogen-bond donors (Lipinski definition) is 2. The lowest BCUT2D eigenvalue weighted by Gasteiger charge is -2.07. The number of aromatic nitrogens is 1. The van der Waals surface area contributed by atoms with Gasteiger partial charge in [0.05, 0.1) is 7.11 Å². The van der Waals surface area contributed by atoms with Crippen molar-refractivity contribution in [1.29, 1.82) is 0 Å². The standard InChI is InChI=1S/C16H17N3O5/c1-22-10-2-4-11(5-3-10)23-9-14-18-13(8-24-14)16(21)19-12-6-7-17-15(12)20/h2-5,8,12H,6-7,9H2,1H3,(H,17,20)(H,19,21)/t12-/m1/s1. The molecule has 2 N–H and O–H groups in total. The molecular formula is C16H17N3O5. The molecule has 0 bridgehead atoms. The minimum absolute atomic E-state index is 0.0868.